The van der Waals surface area contributed by atoms with Crippen LogP contribution in [-0.4, -0.2) is 17.0 Å². The highest BCUT2D eigenvalue weighted by Crippen LogP contribution is 2.15. The number of ether oxygens (including phenoxy) is 1. The molecule has 0 unspecified atom stereocenters. The zero-order chi connectivity index (χ0) is 12.1. The summed E-state index contributed by atoms with van der Waals surface area (Å²) >= 11 is 11.4. The lowest BCUT2D eigenvalue weighted by Gasteiger charge is -2.07. The molecule has 4 nitrogen and oxygen atoms in total. The van der Waals surface area contributed by atoms with Gasteiger partial charge in [-0.15, -0.1) is 12.4 Å². The molecule has 0 amide bonds. The van der Waals surface area contributed by atoms with Gasteiger partial charge in [0.1, 0.15) is 16.9 Å². The summed E-state index contributed by atoms with van der Waals surface area (Å²) < 4.78 is 4.98. The molecule has 0 aliphatic carbocycles. The molecule has 0 aliphatic rings. The van der Waals surface area contributed by atoms with Crippen LogP contribution in [0.2, 0.25) is 10.3 Å². The molecular weight excluding hydrogens is 286 g/mol. The molecule has 0 aliphatic heterocycles. The minimum absolute atomic E-state index is 0. The van der Waals surface area contributed by atoms with Crippen LogP contribution in [0.25, 0.3) is 0 Å². The Morgan fingerprint density at radius 1 is 1.47 bits per heavy atom. The van der Waals surface area contributed by atoms with Gasteiger partial charge in [0.25, 0.3) is 0 Å². The molecular formula is C10H13Cl3N2O2. The second kappa shape index (κ2) is 7.71. The van der Waals surface area contributed by atoms with Gasteiger partial charge < -0.3 is 10.5 Å². The smallest absolute Gasteiger partial charge is 0.307 e. The van der Waals surface area contributed by atoms with Crippen LogP contribution in [-0.2, 0) is 16.1 Å². The van der Waals surface area contributed by atoms with Crippen molar-refractivity contribution in [2.24, 2.45) is 5.73 Å². The van der Waals surface area contributed by atoms with Crippen LogP contribution in [0.4, 0.5) is 0 Å². The molecule has 0 saturated carbocycles. The maximum absolute atomic E-state index is 11.2. The fourth-order valence-corrected chi connectivity index (χ4v) is 1.59. The molecule has 1 aromatic rings. The Hall–Kier alpha value is -0.550. The molecule has 0 bridgehead atoms. The number of nitrogens with zero attached hydrogens (tertiary/aromatic N) is 1. The van der Waals surface area contributed by atoms with Crippen LogP contribution in [0.15, 0.2) is 12.1 Å². The fourth-order valence-electron chi connectivity index (χ4n) is 1.08. The van der Waals surface area contributed by atoms with Crippen molar-refractivity contribution in [1.82, 2.24) is 4.98 Å². The molecule has 1 aromatic heterocycles. The van der Waals surface area contributed by atoms with Crippen LogP contribution in [0.5, 0.6) is 0 Å². The molecule has 0 radical (unpaired) electrons. The third-order valence-corrected chi connectivity index (χ3v) is 2.10. The summed E-state index contributed by atoms with van der Waals surface area (Å²) in [5.74, 6) is -0.348. The number of hydrogen-bond donors (Lipinski definition) is 1. The summed E-state index contributed by atoms with van der Waals surface area (Å²) in [6.45, 7) is 1.86. The van der Waals surface area contributed by atoms with Crippen LogP contribution in [0.3, 0.4) is 0 Å². The first-order chi connectivity index (χ1) is 7.47. The Bertz CT molecular complexity index is 366. The lowest BCUT2D eigenvalue weighted by Crippen LogP contribution is -2.21. The van der Waals surface area contributed by atoms with E-state index in [4.69, 9.17) is 33.7 Å². The van der Waals surface area contributed by atoms with E-state index in [1.807, 2.05) is 0 Å². The van der Waals surface area contributed by atoms with Crippen molar-refractivity contribution >= 4 is 41.6 Å². The van der Waals surface area contributed by atoms with Gasteiger partial charge >= 0.3 is 5.97 Å². The summed E-state index contributed by atoms with van der Waals surface area (Å²) in [4.78, 5) is 15.0. The van der Waals surface area contributed by atoms with Gasteiger partial charge in [0.2, 0.25) is 0 Å². The summed E-state index contributed by atoms with van der Waals surface area (Å²) in [6.07, 6.45) is 0.187. The minimum Gasteiger partial charge on any atom is -0.461 e. The summed E-state index contributed by atoms with van der Waals surface area (Å²) in [5, 5.41) is 0.538. The van der Waals surface area contributed by atoms with E-state index in [9.17, 15) is 4.79 Å². The van der Waals surface area contributed by atoms with Crippen molar-refractivity contribution in [1.29, 1.82) is 0 Å². The predicted molar refractivity (Wildman–Crippen MR) is 69.6 cm³/mol. The number of carbonyl (C=O) groups is 1. The maximum Gasteiger partial charge on any atom is 0.307 e. The Balaban J connectivity index is 0.00000256. The second-order valence-electron chi connectivity index (χ2n) is 3.46. The van der Waals surface area contributed by atoms with Crippen LogP contribution >= 0.6 is 35.6 Å². The monoisotopic (exact) mass is 298 g/mol. The van der Waals surface area contributed by atoms with E-state index in [-0.39, 0.29) is 47.8 Å². The number of halogens is 3. The lowest BCUT2D eigenvalue weighted by atomic mass is 10.2. The third kappa shape index (κ3) is 6.68. The second-order valence-corrected chi connectivity index (χ2v) is 4.24. The van der Waals surface area contributed by atoms with E-state index >= 15 is 0 Å². The highest BCUT2D eigenvalue weighted by molar-refractivity contribution is 6.32. The standard InChI is InChI=1S/C10H12Cl2N2O2.ClH/c1-6(13)2-10(15)16-5-7-3-8(11)14-9(12)4-7;/h3-4,6H,2,5,13H2,1H3;1H/t6-;/m0./s1. The molecule has 1 heterocycles. The number of rotatable bonds is 4. The Morgan fingerprint density at radius 2 is 2.00 bits per heavy atom. The fraction of sp³-hybridized carbons (Fsp3) is 0.400. The van der Waals surface area contributed by atoms with E-state index < -0.39 is 0 Å². The van der Waals surface area contributed by atoms with E-state index in [1.54, 1.807) is 19.1 Å². The van der Waals surface area contributed by atoms with Gasteiger partial charge in [0.15, 0.2) is 0 Å². The number of carbonyl (C=O) groups excluding carboxylic acids is 1. The largest absolute Gasteiger partial charge is 0.461 e. The maximum atomic E-state index is 11.2. The first-order valence-electron chi connectivity index (χ1n) is 4.70. The first kappa shape index (κ1) is 16.4. The number of hydrogen-bond acceptors (Lipinski definition) is 4. The summed E-state index contributed by atoms with van der Waals surface area (Å²) in [5.41, 5.74) is 6.15. The summed E-state index contributed by atoms with van der Waals surface area (Å²) in [7, 11) is 0. The van der Waals surface area contributed by atoms with E-state index in [1.165, 1.54) is 0 Å². The average Bonchev–Trinajstić information content (AvgIpc) is 2.12. The van der Waals surface area contributed by atoms with Crippen LogP contribution in [0, 0.1) is 0 Å². The molecule has 0 spiro atoms. The SMILES string of the molecule is C[C@H](N)CC(=O)OCc1cc(Cl)nc(Cl)c1.Cl. The van der Waals surface area contributed by atoms with E-state index in [0.29, 0.717) is 5.56 Å². The molecule has 2 N–H and O–H groups in total. The molecule has 96 valence electrons. The van der Waals surface area contributed by atoms with Gasteiger partial charge in [-0.25, -0.2) is 4.98 Å². The predicted octanol–water partition coefficient (Wildman–Crippen LogP) is 2.59. The molecule has 7 heteroatoms. The van der Waals surface area contributed by atoms with Gasteiger partial charge in [-0.1, -0.05) is 23.2 Å². The highest BCUT2D eigenvalue weighted by Gasteiger charge is 2.07. The van der Waals surface area contributed by atoms with Crippen molar-refractivity contribution in [2.45, 2.75) is 26.0 Å². The quantitative estimate of drug-likeness (QED) is 0.685. The molecule has 1 atom stereocenters. The lowest BCUT2D eigenvalue weighted by molar-refractivity contribution is -0.145. The molecule has 17 heavy (non-hydrogen) atoms. The van der Waals surface area contributed by atoms with Crippen LogP contribution < -0.4 is 5.73 Å². The molecule has 1 rings (SSSR count). The van der Waals surface area contributed by atoms with Crippen LogP contribution in [0.1, 0.15) is 18.9 Å². The summed E-state index contributed by atoms with van der Waals surface area (Å²) in [6, 6.07) is 2.97. The number of esters is 1. The molecule has 0 fully saturated rings. The van der Waals surface area contributed by atoms with Crippen molar-refractivity contribution in [3.63, 3.8) is 0 Å². The number of nitrogens with two attached hydrogens (primary N) is 1. The van der Waals surface area contributed by atoms with E-state index in [2.05, 4.69) is 4.98 Å². The Kier molecular flexibility index (Phi) is 7.46. The zero-order valence-electron chi connectivity index (χ0n) is 9.15. The number of aromatic nitrogens is 1. The molecule has 0 aromatic carbocycles. The Morgan fingerprint density at radius 3 is 2.47 bits per heavy atom. The van der Waals surface area contributed by atoms with Crippen molar-refractivity contribution in [3.05, 3.63) is 28.0 Å². The zero-order valence-corrected chi connectivity index (χ0v) is 11.5. The van der Waals surface area contributed by atoms with Gasteiger partial charge in [-0.3, -0.25) is 4.79 Å². The average molecular weight is 300 g/mol. The molecule has 0 saturated heterocycles. The minimum atomic E-state index is -0.348. The van der Waals surface area contributed by atoms with Gasteiger partial charge in [0.05, 0.1) is 6.42 Å². The van der Waals surface area contributed by atoms with Gasteiger partial charge in [0, 0.05) is 6.04 Å². The number of pyridine rings is 1. The first-order valence-corrected chi connectivity index (χ1v) is 5.46. The van der Waals surface area contributed by atoms with Gasteiger partial charge in [-0.2, -0.15) is 0 Å². The van der Waals surface area contributed by atoms with Crippen molar-refractivity contribution in [3.8, 4) is 0 Å². The van der Waals surface area contributed by atoms with E-state index in [0.717, 1.165) is 0 Å². The van der Waals surface area contributed by atoms with Gasteiger partial charge in [-0.05, 0) is 24.6 Å². The van der Waals surface area contributed by atoms with Crippen molar-refractivity contribution in [2.75, 3.05) is 0 Å². The van der Waals surface area contributed by atoms with Crippen molar-refractivity contribution < 1.29 is 9.53 Å². The third-order valence-electron chi connectivity index (χ3n) is 1.71. The normalized spacial score (nSPS) is 11.5. The Labute approximate surface area is 116 Å². The topological polar surface area (TPSA) is 65.2 Å². The highest BCUT2D eigenvalue weighted by atomic mass is 35.5.